The number of benzene rings is 1. The van der Waals surface area contributed by atoms with Gasteiger partial charge in [-0.3, -0.25) is 4.79 Å². The van der Waals surface area contributed by atoms with Crippen molar-refractivity contribution >= 4 is 5.91 Å². The molecule has 0 aromatic heterocycles. The first-order chi connectivity index (χ1) is 8.13. The van der Waals surface area contributed by atoms with Crippen molar-refractivity contribution in [1.29, 1.82) is 0 Å². The summed E-state index contributed by atoms with van der Waals surface area (Å²) in [5.41, 5.74) is 6.15. The fourth-order valence-electron chi connectivity index (χ4n) is 1.57. The van der Waals surface area contributed by atoms with Crippen LogP contribution >= 0.6 is 0 Å². The fraction of sp³-hybridized carbons (Fsp3) is 0.462. The van der Waals surface area contributed by atoms with Gasteiger partial charge in [-0.05, 0) is 37.1 Å². The minimum atomic E-state index is -0.284. The Morgan fingerprint density at radius 3 is 2.94 bits per heavy atom. The number of rotatable bonds is 6. The first kappa shape index (κ1) is 13.6. The molecule has 0 bridgehead atoms. The summed E-state index contributed by atoms with van der Waals surface area (Å²) in [5, 5.41) is 2.79. The van der Waals surface area contributed by atoms with Gasteiger partial charge in [0.1, 0.15) is 5.82 Å². The lowest BCUT2D eigenvalue weighted by Gasteiger charge is -2.11. The van der Waals surface area contributed by atoms with E-state index in [0.717, 1.165) is 18.4 Å². The fourth-order valence-corrected chi connectivity index (χ4v) is 1.57. The van der Waals surface area contributed by atoms with Gasteiger partial charge in [0, 0.05) is 12.5 Å². The van der Waals surface area contributed by atoms with Crippen LogP contribution in [0.5, 0.6) is 0 Å². The highest BCUT2D eigenvalue weighted by molar-refractivity contribution is 5.78. The molecule has 17 heavy (non-hydrogen) atoms. The first-order valence-corrected chi connectivity index (χ1v) is 5.85. The summed E-state index contributed by atoms with van der Waals surface area (Å²) in [6.45, 7) is 2.83. The molecule has 0 spiro atoms. The predicted octanol–water partition coefficient (Wildman–Crippen LogP) is 1.82. The van der Waals surface area contributed by atoms with Gasteiger partial charge in [-0.25, -0.2) is 4.39 Å². The lowest BCUT2D eigenvalue weighted by Crippen LogP contribution is -2.29. The SMILES string of the molecule is CC(CCCN)C(=O)NCc1cccc(F)c1. The molecule has 0 radical (unpaired) electrons. The van der Waals surface area contributed by atoms with Crippen LogP contribution in [-0.4, -0.2) is 12.5 Å². The Balaban J connectivity index is 2.37. The van der Waals surface area contributed by atoms with E-state index < -0.39 is 0 Å². The van der Waals surface area contributed by atoms with E-state index in [2.05, 4.69) is 5.32 Å². The number of halogens is 1. The molecule has 0 aliphatic heterocycles. The number of carbonyl (C=O) groups excluding carboxylic acids is 1. The van der Waals surface area contributed by atoms with Crippen molar-refractivity contribution in [3.8, 4) is 0 Å². The molecule has 1 aromatic rings. The Labute approximate surface area is 101 Å². The van der Waals surface area contributed by atoms with Crippen LogP contribution < -0.4 is 11.1 Å². The summed E-state index contributed by atoms with van der Waals surface area (Å²) < 4.78 is 12.9. The quantitative estimate of drug-likeness (QED) is 0.794. The lowest BCUT2D eigenvalue weighted by molar-refractivity contribution is -0.124. The monoisotopic (exact) mass is 238 g/mol. The predicted molar refractivity (Wildman–Crippen MR) is 65.7 cm³/mol. The molecular weight excluding hydrogens is 219 g/mol. The summed E-state index contributed by atoms with van der Waals surface area (Å²) in [6, 6.07) is 6.22. The van der Waals surface area contributed by atoms with Crippen LogP contribution in [0, 0.1) is 11.7 Å². The molecule has 1 unspecified atom stereocenters. The van der Waals surface area contributed by atoms with E-state index in [1.807, 2.05) is 6.92 Å². The topological polar surface area (TPSA) is 55.1 Å². The first-order valence-electron chi connectivity index (χ1n) is 5.85. The van der Waals surface area contributed by atoms with E-state index in [1.54, 1.807) is 12.1 Å². The van der Waals surface area contributed by atoms with E-state index in [9.17, 15) is 9.18 Å². The highest BCUT2D eigenvalue weighted by Gasteiger charge is 2.11. The van der Waals surface area contributed by atoms with Crippen LogP contribution in [0.25, 0.3) is 0 Å². The molecule has 0 saturated heterocycles. The molecule has 4 heteroatoms. The maximum absolute atomic E-state index is 12.9. The summed E-state index contributed by atoms with van der Waals surface area (Å²) in [5.74, 6) is -0.345. The third-order valence-corrected chi connectivity index (χ3v) is 2.64. The van der Waals surface area contributed by atoms with Crippen molar-refractivity contribution in [2.75, 3.05) is 6.54 Å². The number of hydrogen-bond donors (Lipinski definition) is 2. The second kappa shape index (κ2) is 7.01. The van der Waals surface area contributed by atoms with Crippen molar-refractivity contribution < 1.29 is 9.18 Å². The molecule has 1 rings (SSSR count). The van der Waals surface area contributed by atoms with Crippen LogP contribution in [0.3, 0.4) is 0 Å². The average molecular weight is 238 g/mol. The van der Waals surface area contributed by atoms with Crippen LogP contribution in [0.2, 0.25) is 0 Å². The second-order valence-electron chi connectivity index (χ2n) is 4.18. The van der Waals surface area contributed by atoms with E-state index >= 15 is 0 Å². The lowest BCUT2D eigenvalue weighted by atomic mass is 10.0. The third-order valence-electron chi connectivity index (χ3n) is 2.64. The molecule has 0 aliphatic rings. The van der Waals surface area contributed by atoms with Gasteiger partial charge in [0.15, 0.2) is 0 Å². The summed E-state index contributed by atoms with van der Waals surface area (Å²) >= 11 is 0. The van der Waals surface area contributed by atoms with Gasteiger partial charge < -0.3 is 11.1 Å². The Hall–Kier alpha value is -1.42. The van der Waals surface area contributed by atoms with Gasteiger partial charge in [0.25, 0.3) is 0 Å². The largest absolute Gasteiger partial charge is 0.352 e. The van der Waals surface area contributed by atoms with Gasteiger partial charge in [0.05, 0.1) is 0 Å². The zero-order chi connectivity index (χ0) is 12.7. The zero-order valence-electron chi connectivity index (χ0n) is 10.1. The highest BCUT2D eigenvalue weighted by Crippen LogP contribution is 2.06. The Bertz CT molecular complexity index is 368. The van der Waals surface area contributed by atoms with E-state index in [1.165, 1.54) is 12.1 Å². The maximum Gasteiger partial charge on any atom is 0.223 e. The molecule has 3 nitrogen and oxygen atoms in total. The number of nitrogens with one attached hydrogen (secondary N) is 1. The smallest absolute Gasteiger partial charge is 0.223 e. The summed E-state index contributed by atoms with van der Waals surface area (Å²) in [7, 11) is 0. The normalized spacial score (nSPS) is 12.2. The van der Waals surface area contributed by atoms with E-state index in [0.29, 0.717) is 13.1 Å². The van der Waals surface area contributed by atoms with Crippen molar-refractivity contribution in [3.63, 3.8) is 0 Å². The minimum Gasteiger partial charge on any atom is -0.352 e. The molecule has 3 N–H and O–H groups in total. The highest BCUT2D eigenvalue weighted by atomic mass is 19.1. The molecular formula is C13H19FN2O. The molecule has 94 valence electrons. The van der Waals surface area contributed by atoms with Crippen molar-refractivity contribution in [2.24, 2.45) is 11.7 Å². The number of nitrogens with two attached hydrogens (primary N) is 1. The number of hydrogen-bond acceptors (Lipinski definition) is 2. The van der Waals surface area contributed by atoms with E-state index in [4.69, 9.17) is 5.73 Å². The average Bonchev–Trinajstić information content (AvgIpc) is 2.33. The van der Waals surface area contributed by atoms with Crippen LogP contribution in [0.4, 0.5) is 4.39 Å². The Kier molecular flexibility index (Phi) is 5.63. The van der Waals surface area contributed by atoms with Gasteiger partial charge in [-0.1, -0.05) is 19.1 Å². The molecule has 1 atom stereocenters. The van der Waals surface area contributed by atoms with E-state index in [-0.39, 0.29) is 17.6 Å². The number of amides is 1. The van der Waals surface area contributed by atoms with Gasteiger partial charge in [-0.15, -0.1) is 0 Å². The Morgan fingerprint density at radius 1 is 1.53 bits per heavy atom. The molecule has 1 amide bonds. The number of carbonyl (C=O) groups is 1. The second-order valence-corrected chi connectivity index (χ2v) is 4.18. The molecule has 0 aliphatic carbocycles. The van der Waals surface area contributed by atoms with Crippen molar-refractivity contribution in [3.05, 3.63) is 35.6 Å². The van der Waals surface area contributed by atoms with Crippen molar-refractivity contribution in [2.45, 2.75) is 26.3 Å². The van der Waals surface area contributed by atoms with Crippen LogP contribution in [-0.2, 0) is 11.3 Å². The Morgan fingerprint density at radius 2 is 2.29 bits per heavy atom. The van der Waals surface area contributed by atoms with Gasteiger partial charge in [-0.2, -0.15) is 0 Å². The standard InChI is InChI=1S/C13H19FN2O/c1-10(4-3-7-15)13(17)16-9-11-5-2-6-12(14)8-11/h2,5-6,8,10H,3-4,7,9,15H2,1H3,(H,16,17). The zero-order valence-corrected chi connectivity index (χ0v) is 10.1. The maximum atomic E-state index is 12.9. The van der Waals surface area contributed by atoms with Crippen LogP contribution in [0.1, 0.15) is 25.3 Å². The van der Waals surface area contributed by atoms with Crippen LogP contribution in [0.15, 0.2) is 24.3 Å². The van der Waals surface area contributed by atoms with Crippen molar-refractivity contribution in [1.82, 2.24) is 5.32 Å². The molecule has 0 heterocycles. The minimum absolute atomic E-state index is 0.0114. The summed E-state index contributed by atoms with van der Waals surface area (Å²) in [6.07, 6.45) is 1.63. The summed E-state index contributed by atoms with van der Waals surface area (Å²) in [4.78, 5) is 11.7. The van der Waals surface area contributed by atoms with Gasteiger partial charge in [0.2, 0.25) is 5.91 Å². The third kappa shape index (κ3) is 4.95. The molecule has 1 aromatic carbocycles. The van der Waals surface area contributed by atoms with Gasteiger partial charge >= 0.3 is 0 Å². The molecule has 0 fully saturated rings. The molecule has 0 saturated carbocycles.